The molecule has 2 rings (SSSR count). The normalized spacial score (nSPS) is 14.9. The van der Waals surface area contributed by atoms with Gasteiger partial charge in [-0.15, -0.1) is 0 Å². The van der Waals surface area contributed by atoms with Crippen molar-refractivity contribution in [2.45, 2.75) is 26.4 Å². The third-order valence-corrected chi connectivity index (χ3v) is 3.79. The van der Waals surface area contributed by atoms with Crippen molar-refractivity contribution in [3.63, 3.8) is 0 Å². The topological polar surface area (TPSA) is 76.2 Å². The Bertz CT molecular complexity index is 658. The first-order chi connectivity index (χ1) is 11.7. The van der Waals surface area contributed by atoms with Crippen molar-refractivity contribution in [1.29, 1.82) is 0 Å². The van der Waals surface area contributed by atoms with Crippen LogP contribution in [0.2, 0.25) is 0 Å². The summed E-state index contributed by atoms with van der Waals surface area (Å²) in [7, 11) is 1.30. The van der Waals surface area contributed by atoms with Crippen LogP contribution in [0.3, 0.4) is 0 Å². The van der Waals surface area contributed by atoms with Gasteiger partial charge in [-0.2, -0.15) is 0 Å². The molecule has 1 aromatic rings. The molecule has 25 heavy (non-hydrogen) atoms. The lowest BCUT2D eigenvalue weighted by molar-refractivity contribution is 0.0240. The van der Waals surface area contributed by atoms with Crippen molar-refractivity contribution in [2.75, 3.05) is 38.2 Å². The lowest BCUT2D eigenvalue weighted by Gasteiger charge is -2.37. The van der Waals surface area contributed by atoms with Crippen LogP contribution in [0.4, 0.5) is 10.5 Å². The number of carbonyl (C=O) groups excluding carboxylic acids is 3. The summed E-state index contributed by atoms with van der Waals surface area (Å²) < 4.78 is 10.1. The molecule has 7 nitrogen and oxygen atoms in total. The molecule has 0 radical (unpaired) electrons. The van der Waals surface area contributed by atoms with Gasteiger partial charge in [0.15, 0.2) is 0 Å². The number of anilines is 1. The number of esters is 1. The summed E-state index contributed by atoms with van der Waals surface area (Å²) in [5.41, 5.74) is 0.972. The monoisotopic (exact) mass is 348 g/mol. The smallest absolute Gasteiger partial charge is 0.410 e. The average molecular weight is 348 g/mol. The van der Waals surface area contributed by atoms with E-state index < -0.39 is 11.6 Å². The van der Waals surface area contributed by atoms with E-state index in [0.29, 0.717) is 43.6 Å². The Balaban J connectivity index is 2.08. The van der Waals surface area contributed by atoms with Crippen molar-refractivity contribution in [3.8, 4) is 0 Å². The predicted molar refractivity (Wildman–Crippen MR) is 93.2 cm³/mol. The number of carbonyl (C=O) groups is 3. The number of hydrogen-bond acceptors (Lipinski definition) is 6. The largest absolute Gasteiger partial charge is 0.465 e. The maximum absolute atomic E-state index is 12.1. The molecule has 136 valence electrons. The second-order valence-corrected chi connectivity index (χ2v) is 6.88. The van der Waals surface area contributed by atoms with Crippen LogP contribution >= 0.6 is 0 Å². The van der Waals surface area contributed by atoms with Crippen molar-refractivity contribution in [1.82, 2.24) is 4.90 Å². The van der Waals surface area contributed by atoms with Gasteiger partial charge in [0.05, 0.1) is 12.7 Å². The quantitative estimate of drug-likeness (QED) is 0.616. The summed E-state index contributed by atoms with van der Waals surface area (Å²) in [6.07, 6.45) is 0.372. The SMILES string of the molecule is COC(=O)c1cc(C=O)cc(N2CCN(C(=O)OC(C)(C)C)CC2)c1. The third-order valence-electron chi connectivity index (χ3n) is 3.79. The van der Waals surface area contributed by atoms with E-state index in [9.17, 15) is 14.4 Å². The number of benzene rings is 1. The van der Waals surface area contributed by atoms with Crippen LogP contribution in [0.15, 0.2) is 18.2 Å². The van der Waals surface area contributed by atoms with E-state index in [1.807, 2.05) is 25.7 Å². The Hall–Kier alpha value is -2.57. The number of amides is 1. The Morgan fingerprint density at radius 1 is 1.08 bits per heavy atom. The summed E-state index contributed by atoms with van der Waals surface area (Å²) in [5.74, 6) is -0.489. The molecule has 1 fully saturated rings. The number of nitrogens with zero attached hydrogens (tertiary/aromatic N) is 2. The van der Waals surface area contributed by atoms with E-state index in [2.05, 4.69) is 0 Å². The van der Waals surface area contributed by atoms with E-state index in [1.165, 1.54) is 13.2 Å². The van der Waals surface area contributed by atoms with Gasteiger partial charge in [-0.1, -0.05) is 0 Å². The molecule has 1 aliphatic rings. The Morgan fingerprint density at radius 2 is 1.72 bits per heavy atom. The van der Waals surface area contributed by atoms with Gasteiger partial charge in [0.2, 0.25) is 0 Å². The van der Waals surface area contributed by atoms with Crippen molar-refractivity contribution >= 4 is 24.0 Å². The molecule has 0 spiro atoms. The van der Waals surface area contributed by atoms with Gasteiger partial charge in [0.25, 0.3) is 0 Å². The summed E-state index contributed by atoms with van der Waals surface area (Å²) in [6, 6.07) is 4.92. The van der Waals surface area contributed by atoms with Crippen molar-refractivity contribution < 1.29 is 23.9 Å². The highest BCUT2D eigenvalue weighted by molar-refractivity contribution is 5.93. The van der Waals surface area contributed by atoms with Crippen LogP contribution < -0.4 is 4.90 Å². The summed E-state index contributed by atoms with van der Waals surface area (Å²) in [6.45, 7) is 7.69. The van der Waals surface area contributed by atoms with Gasteiger partial charge >= 0.3 is 12.1 Å². The third kappa shape index (κ3) is 4.95. The van der Waals surface area contributed by atoms with E-state index >= 15 is 0 Å². The van der Waals surface area contributed by atoms with E-state index in [-0.39, 0.29) is 6.09 Å². The van der Waals surface area contributed by atoms with Crippen LogP contribution in [0.25, 0.3) is 0 Å². The molecule has 1 saturated heterocycles. The first kappa shape index (κ1) is 18.8. The molecule has 1 heterocycles. The average Bonchev–Trinajstić information content (AvgIpc) is 2.59. The molecule has 0 atom stereocenters. The molecular formula is C18H24N2O5. The molecule has 0 bridgehead atoms. The number of hydrogen-bond donors (Lipinski definition) is 0. The number of methoxy groups -OCH3 is 1. The molecular weight excluding hydrogens is 324 g/mol. The minimum absolute atomic E-state index is 0.330. The maximum Gasteiger partial charge on any atom is 0.410 e. The summed E-state index contributed by atoms with van der Waals surface area (Å²) in [4.78, 5) is 38.7. The zero-order valence-corrected chi connectivity index (χ0v) is 15.1. The van der Waals surface area contributed by atoms with Gasteiger partial charge in [-0.3, -0.25) is 4.79 Å². The molecule has 1 amide bonds. The lowest BCUT2D eigenvalue weighted by atomic mass is 10.1. The zero-order chi connectivity index (χ0) is 18.6. The minimum Gasteiger partial charge on any atom is -0.465 e. The van der Waals surface area contributed by atoms with E-state index in [0.717, 1.165) is 5.69 Å². The Labute approximate surface area is 147 Å². The number of aldehydes is 1. The van der Waals surface area contributed by atoms with Crippen LogP contribution in [-0.4, -0.2) is 62.1 Å². The molecule has 1 aliphatic heterocycles. The van der Waals surface area contributed by atoms with Crippen LogP contribution in [-0.2, 0) is 9.47 Å². The highest BCUT2D eigenvalue weighted by Crippen LogP contribution is 2.21. The second-order valence-electron chi connectivity index (χ2n) is 6.88. The maximum atomic E-state index is 12.1. The number of rotatable bonds is 3. The van der Waals surface area contributed by atoms with Crippen LogP contribution in [0.1, 0.15) is 41.5 Å². The molecule has 0 aromatic heterocycles. The second kappa shape index (κ2) is 7.55. The standard InChI is InChI=1S/C18H24N2O5/c1-18(2,3)25-17(23)20-7-5-19(6-8-20)15-10-13(12-21)9-14(11-15)16(22)24-4/h9-12H,5-8H2,1-4H3. The first-order valence-electron chi connectivity index (χ1n) is 8.15. The van der Waals surface area contributed by atoms with Gasteiger partial charge in [0, 0.05) is 37.4 Å². The van der Waals surface area contributed by atoms with E-state index in [1.54, 1.807) is 17.0 Å². The van der Waals surface area contributed by atoms with Gasteiger partial charge in [0.1, 0.15) is 11.9 Å². The fourth-order valence-electron chi connectivity index (χ4n) is 2.59. The van der Waals surface area contributed by atoms with Crippen LogP contribution in [0, 0.1) is 0 Å². The fourth-order valence-corrected chi connectivity index (χ4v) is 2.59. The fraction of sp³-hybridized carbons (Fsp3) is 0.500. The lowest BCUT2D eigenvalue weighted by Crippen LogP contribution is -2.50. The van der Waals surface area contributed by atoms with E-state index in [4.69, 9.17) is 9.47 Å². The van der Waals surface area contributed by atoms with Crippen molar-refractivity contribution in [3.05, 3.63) is 29.3 Å². The summed E-state index contributed by atoms with van der Waals surface area (Å²) >= 11 is 0. The van der Waals surface area contributed by atoms with Gasteiger partial charge in [-0.05, 0) is 39.0 Å². The highest BCUT2D eigenvalue weighted by atomic mass is 16.6. The highest BCUT2D eigenvalue weighted by Gasteiger charge is 2.26. The molecule has 7 heteroatoms. The van der Waals surface area contributed by atoms with Crippen molar-refractivity contribution in [2.24, 2.45) is 0 Å². The molecule has 1 aromatic carbocycles. The molecule has 0 N–H and O–H groups in total. The molecule has 0 aliphatic carbocycles. The Kier molecular flexibility index (Phi) is 5.66. The number of piperazine rings is 1. The first-order valence-corrected chi connectivity index (χ1v) is 8.15. The van der Waals surface area contributed by atoms with Gasteiger partial charge < -0.3 is 19.3 Å². The zero-order valence-electron chi connectivity index (χ0n) is 15.1. The van der Waals surface area contributed by atoms with Gasteiger partial charge in [-0.25, -0.2) is 9.59 Å². The minimum atomic E-state index is -0.526. The molecule has 0 saturated carbocycles. The Morgan fingerprint density at radius 3 is 2.24 bits per heavy atom. The summed E-state index contributed by atoms with van der Waals surface area (Å²) in [5, 5.41) is 0. The molecule has 0 unspecified atom stereocenters. The number of ether oxygens (including phenoxy) is 2. The predicted octanol–water partition coefficient (Wildman–Crippen LogP) is 2.34. The van der Waals surface area contributed by atoms with Crippen LogP contribution in [0.5, 0.6) is 0 Å².